The fraction of sp³-hybridized carbons (Fsp3) is 0.267. The number of nitrogens with zero attached hydrogens (tertiary/aromatic N) is 2. The number of thiazole rings is 1. The lowest BCUT2D eigenvalue weighted by atomic mass is 10.1. The quantitative estimate of drug-likeness (QED) is 0.922. The number of hydrogen-bond acceptors (Lipinski definition) is 4. The van der Waals surface area contributed by atoms with Crippen LogP contribution in [0.15, 0.2) is 35.2 Å². The standard InChI is InChI=1S/C15H17N3O2S/c1-3-11-6-4-5-7-12(11)17-14(19)8-18(2)15(20)13-9-21-10-16-13/h4-7,9-10H,3,8H2,1-2H3,(H,17,19). The van der Waals surface area contributed by atoms with Crippen molar-refractivity contribution in [1.82, 2.24) is 9.88 Å². The Morgan fingerprint density at radius 1 is 1.33 bits per heavy atom. The number of aromatic nitrogens is 1. The van der Waals surface area contributed by atoms with E-state index >= 15 is 0 Å². The fourth-order valence-corrected chi connectivity index (χ4v) is 2.47. The molecule has 110 valence electrons. The molecule has 1 aromatic heterocycles. The van der Waals surface area contributed by atoms with Crippen LogP contribution in [0, 0.1) is 0 Å². The van der Waals surface area contributed by atoms with Crippen LogP contribution in [0.5, 0.6) is 0 Å². The Kier molecular flexibility index (Phi) is 5.05. The number of carbonyl (C=O) groups excluding carboxylic acids is 2. The maximum absolute atomic E-state index is 12.0. The van der Waals surface area contributed by atoms with Gasteiger partial charge in [0.25, 0.3) is 5.91 Å². The number of aryl methyl sites for hydroxylation is 1. The molecule has 2 amide bonds. The first-order valence-corrected chi connectivity index (χ1v) is 7.57. The summed E-state index contributed by atoms with van der Waals surface area (Å²) < 4.78 is 0. The van der Waals surface area contributed by atoms with Crippen LogP contribution >= 0.6 is 11.3 Å². The van der Waals surface area contributed by atoms with Crippen molar-refractivity contribution in [2.45, 2.75) is 13.3 Å². The molecule has 6 heteroatoms. The van der Waals surface area contributed by atoms with Crippen LogP contribution < -0.4 is 5.32 Å². The van der Waals surface area contributed by atoms with E-state index in [0.717, 1.165) is 17.7 Å². The summed E-state index contributed by atoms with van der Waals surface area (Å²) in [5.74, 6) is -0.475. The third kappa shape index (κ3) is 3.88. The third-order valence-electron chi connectivity index (χ3n) is 3.05. The van der Waals surface area contributed by atoms with Crippen LogP contribution in [0.25, 0.3) is 0 Å². The van der Waals surface area contributed by atoms with Gasteiger partial charge in [0.05, 0.1) is 12.1 Å². The molecule has 0 aliphatic rings. The molecule has 0 spiro atoms. The smallest absolute Gasteiger partial charge is 0.273 e. The van der Waals surface area contributed by atoms with Crippen LogP contribution in [0.4, 0.5) is 5.69 Å². The summed E-state index contributed by atoms with van der Waals surface area (Å²) in [5, 5.41) is 4.51. The van der Waals surface area contributed by atoms with Crippen molar-refractivity contribution in [1.29, 1.82) is 0 Å². The van der Waals surface area contributed by atoms with E-state index in [1.165, 1.54) is 16.2 Å². The van der Waals surface area contributed by atoms with E-state index in [1.807, 2.05) is 31.2 Å². The number of likely N-dealkylation sites (N-methyl/N-ethyl adjacent to an activating group) is 1. The minimum Gasteiger partial charge on any atom is -0.331 e. The zero-order chi connectivity index (χ0) is 15.2. The number of benzene rings is 1. The lowest BCUT2D eigenvalue weighted by molar-refractivity contribution is -0.116. The number of para-hydroxylation sites is 1. The lowest BCUT2D eigenvalue weighted by Crippen LogP contribution is -2.35. The van der Waals surface area contributed by atoms with Gasteiger partial charge in [-0.05, 0) is 18.1 Å². The Hall–Kier alpha value is -2.21. The molecule has 0 radical (unpaired) electrons. The number of amides is 2. The first kappa shape index (κ1) is 15.2. The summed E-state index contributed by atoms with van der Waals surface area (Å²) >= 11 is 1.35. The monoisotopic (exact) mass is 303 g/mol. The molecule has 0 aliphatic carbocycles. The van der Waals surface area contributed by atoms with Gasteiger partial charge in [0, 0.05) is 18.1 Å². The van der Waals surface area contributed by atoms with Gasteiger partial charge in [-0.1, -0.05) is 25.1 Å². The Bertz CT molecular complexity index is 626. The van der Waals surface area contributed by atoms with Gasteiger partial charge in [-0.25, -0.2) is 4.98 Å². The van der Waals surface area contributed by atoms with Gasteiger partial charge in [0.2, 0.25) is 5.91 Å². The number of hydrogen-bond donors (Lipinski definition) is 1. The predicted octanol–water partition coefficient (Wildman–Crippen LogP) is 2.42. The minimum absolute atomic E-state index is 0.00555. The van der Waals surface area contributed by atoms with Crippen LogP contribution in [0.2, 0.25) is 0 Å². The van der Waals surface area contributed by atoms with E-state index in [9.17, 15) is 9.59 Å². The van der Waals surface area contributed by atoms with Gasteiger partial charge in [-0.15, -0.1) is 11.3 Å². The second kappa shape index (κ2) is 6.99. The molecular formula is C15H17N3O2S. The van der Waals surface area contributed by atoms with Gasteiger partial charge in [-0.2, -0.15) is 0 Å². The Morgan fingerprint density at radius 3 is 2.76 bits per heavy atom. The SMILES string of the molecule is CCc1ccccc1NC(=O)CN(C)C(=O)c1cscn1. The largest absolute Gasteiger partial charge is 0.331 e. The van der Waals surface area contributed by atoms with Crippen molar-refractivity contribution in [3.05, 3.63) is 46.4 Å². The maximum Gasteiger partial charge on any atom is 0.273 e. The predicted molar refractivity (Wildman–Crippen MR) is 83.5 cm³/mol. The molecule has 5 nitrogen and oxygen atoms in total. The summed E-state index contributed by atoms with van der Waals surface area (Å²) in [6.07, 6.45) is 0.837. The number of rotatable bonds is 5. The first-order valence-electron chi connectivity index (χ1n) is 6.63. The minimum atomic E-state index is -0.254. The lowest BCUT2D eigenvalue weighted by Gasteiger charge is -2.16. The Balaban J connectivity index is 1.97. The molecule has 0 unspecified atom stereocenters. The molecule has 0 saturated carbocycles. The zero-order valence-corrected chi connectivity index (χ0v) is 12.8. The highest BCUT2D eigenvalue weighted by molar-refractivity contribution is 7.07. The van der Waals surface area contributed by atoms with Crippen molar-refractivity contribution < 1.29 is 9.59 Å². The van der Waals surface area contributed by atoms with Crippen molar-refractivity contribution in [2.24, 2.45) is 0 Å². The van der Waals surface area contributed by atoms with E-state index in [2.05, 4.69) is 10.3 Å². The van der Waals surface area contributed by atoms with Crippen LogP contribution in [0.1, 0.15) is 23.0 Å². The van der Waals surface area contributed by atoms with E-state index in [-0.39, 0.29) is 18.4 Å². The number of carbonyl (C=O) groups is 2. The molecule has 2 aromatic rings. The molecule has 1 aromatic carbocycles. The molecule has 0 atom stereocenters. The van der Waals surface area contributed by atoms with Crippen molar-refractivity contribution in [3.63, 3.8) is 0 Å². The van der Waals surface area contributed by atoms with Crippen molar-refractivity contribution in [2.75, 3.05) is 18.9 Å². The Morgan fingerprint density at radius 2 is 2.10 bits per heavy atom. The van der Waals surface area contributed by atoms with Crippen molar-refractivity contribution in [3.8, 4) is 0 Å². The van der Waals surface area contributed by atoms with Gasteiger partial charge in [0.1, 0.15) is 5.69 Å². The zero-order valence-electron chi connectivity index (χ0n) is 12.0. The summed E-state index contributed by atoms with van der Waals surface area (Å²) in [6.45, 7) is 2.03. The van der Waals surface area contributed by atoms with E-state index in [1.54, 1.807) is 17.9 Å². The number of anilines is 1. The van der Waals surface area contributed by atoms with Gasteiger partial charge >= 0.3 is 0 Å². The molecular weight excluding hydrogens is 286 g/mol. The van der Waals surface area contributed by atoms with Gasteiger partial charge in [0.15, 0.2) is 0 Å². The van der Waals surface area contributed by atoms with Crippen molar-refractivity contribution >= 4 is 28.8 Å². The molecule has 1 heterocycles. The highest BCUT2D eigenvalue weighted by Gasteiger charge is 2.16. The molecule has 0 bridgehead atoms. The number of nitrogens with one attached hydrogen (secondary N) is 1. The summed E-state index contributed by atoms with van der Waals surface area (Å²) in [4.78, 5) is 29.4. The molecule has 2 rings (SSSR count). The molecule has 1 N–H and O–H groups in total. The molecule has 0 fully saturated rings. The molecule has 21 heavy (non-hydrogen) atoms. The third-order valence-corrected chi connectivity index (χ3v) is 3.64. The van der Waals surface area contributed by atoms with Crippen LogP contribution in [-0.4, -0.2) is 35.3 Å². The normalized spacial score (nSPS) is 10.2. The second-order valence-electron chi connectivity index (χ2n) is 4.59. The molecule has 0 aliphatic heterocycles. The second-order valence-corrected chi connectivity index (χ2v) is 5.31. The van der Waals surface area contributed by atoms with Gasteiger partial charge < -0.3 is 10.2 Å². The highest BCUT2D eigenvalue weighted by atomic mass is 32.1. The van der Waals surface area contributed by atoms with E-state index in [0.29, 0.717) is 5.69 Å². The summed E-state index contributed by atoms with van der Waals surface area (Å²) in [5.41, 5.74) is 3.82. The fourth-order valence-electron chi connectivity index (χ4n) is 1.94. The van der Waals surface area contributed by atoms with Gasteiger partial charge in [-0.3, -0.25) is 9.59 Å². The van der Waals surface area contributed by atoms with Crippen LogP contribution in [0.3, 0.4) is 0 Å². The summed E-state index contributed by atoms with van der Waals surface area (Å²) in [6, 6.07) is 7.64. The van der Waals surface area contributed by atoms with E-state index in [4.69, 9.17) is 0 Å². The van der Waals surface area contributed by atoms with E-state index < -0.39 is 0 Å². The topological polar surface area (TPSA) is 62.3 Å². The molecule has 0 saturated heterocycles. The summed E-state index contributed by atoms with van der Waals surface area (Å²) in [7, 11) is 1.59. The maximum atomic E-state index is 12.0. The average Bonchev–Trinajstić information content (AvgIpc) is 3.01. The highest BCUT2D eigenvalue weighted by Crippen LogP contribution is 2.15. The average molecular weight is 303 g/mol. The van der Waals surface area contributed by atoms with Crippen LogP contribution in [-0.2, 0) is 11.2 Å². The first-order chi connectivity index (χ1) is 10.1. The Labute approximate surface area is 127 Å².